The van der Waals surface area contributed by atoms with Crippen LogP contribution in [0, 0.1) is 17.6 Å². The Morgan fingerprint density at radius 3 is 2.25 bits per heavy atom. The summed E-state index contributed by atoms with van der Waals surface area (Å²) in [7, 11) is 1.85. The van der Waals surface area contributed by atoms with Crippen LogP contribution in [0.1, 0.15) is 12.5 Å². The van der Waals surface area contributed by atoms with Crippen LogP contribution in [0.5, 0.6) is 11.5 Å². The number of aliphatic carboxylic acids is 1. The Balaban J connectivity index is 1.96. The smallest absolute Gasteiger partial charge is 0.307 e. The molecule has 0 radical (unpaired) electrons. The summed E-state index contributed by atoms with van der Waals surface area (Å²) in [5.41, 5.74) is 0.980. The highest BCUT2D eigenvalue weighted by atomic mass is 19.1. The molecular formula is C18H19F2NO3. The largest absolute Gasteiger partial charge is 0.481 e. The van der Waals surface area contributed by atoms with Crippen LogP contribution in [-0.4, -0.2) is 29.6 Å². The van der Waals surface area contributed by atoms with Crippen LogP contribution in [0.15, 0.2) is 42.5 Å². The fourth-order valence-electron chi connectivity index (χ4n) is 2.31. The highest BCUT2D eigenvalue weighted by molar-refractivity contribution is 5.69. The summed E-state index contributed by atoms with van der Waals surface area (Å²) in [6, 6.07) is 10.1. The van der Waals surface area contributed by atoms with E-state index >= 15 is 0 Å². The first kappa shape index (κ1) is 17.9. The summed E-state index contributed by atoms with van der Waals surface area (Å²) in [6.45, 7) is 2.69. The summed E-state index contributed by atoms with van der Waals surface area (Å²) in [5.74, 6) is -2.11. The van der Waals surface area contributed by atoms with E-state index in [1.807, 2.05) is 24.1 Å². The summed E-state index contributed by atoms with van der Waals surface area (Å²) in [5, 5.41) is 8.92. The topological polar surface area (TPSA) is 49.8 Å². The van der Waals surface area contributed by atoms with Gasteiger partial charge >= 0.3 is 5.97 Å². The molecule has 0 saturated heterocycles. The third-order valence-electron chi connectivity index (χ3n) is 3.45. The van der Waals surface area contributed by atoms with Gasteiger partial charge in [-0.3, -0.25) is 4.79 Å². The van der Waals surface area contributed by atoms with Gasteiger partial charge in [-0.15, -0.1) is 0 Å². The minimum absolute atomic E-state index is 0.0904. The zero-order chi connectivity index (χ0) is 17.7. The predicted molar refractivity (Wildman–Crippen MR) is 86.0 cm³/mol. The van der Waals surface area contributed by atoms with E-state index in [-0.39, 0.29) is 5.75 Å². The second-order valence-corrected chi connectivity index (χ2v) is 5.79. The van der Waals surface area contributed by atoms with Crippen molar-refractivity contribution in [2.24, 2.45) is 5.92 Å². The molecule has 0 amide bonds. The lowest BCUT2D eigenvalue weighted by atomic mass is 10.1. The number of benzene rings is 2. The molecule has 0 saturated carbocycles. The summed E-state index contributed by atoms with van der Waals surface area (Å²) < 4.78 is 31.7. The van der Waals surface area contributed by atoms with Crippen molar-refractivity contribution in [3.63, 3.8) is 0 Å². The molecule has 2 rings (SSSR count). The molecule has 0 aromatic heterocycles. The minimum Gasteiger partial charge on any atom is -0.481 e. The van der Waals surface area contributed by atoms with Crippen LogP contribution in [0.25, 0.3) is 0 Å². The van der Waals surface area contributed by atoms with E-state index in [9.17, 15) is 13.6 Å². The molecule has 2 aromatic carbocycles. The number of carbonyl (C=O) groups is 1. The fraction of sp³-hybridized carbons (Fsp3) is 0.278. The monoisotopic (exact) mass is 335 g/mol. The fourth-order valence-corrected chi connectivity index (χ4v) is 2.31. The molecule has 2 aromatic rings. The van der Waals surface area contributed by atoms with Gasteiger partial charge in [-0.2, -0.15) is 0 Å². The van der Waals surface area contributed by atoms with Crippen molar-refractivity contribution in [1.82, 2.24) is 4.90 Å². The van der Waals surface area contributed by atoms with E-state index < -0.39 is 23.5 Å². The van der Waals surface area contributed by atoms with Crippen LogP contribution in [0.4, 0.5) is 8.78 Å². The van der Waals surface area contributed by atoms with Gasteiger partial charge in [0, 0.05) is 31.3 Å². The van der Waals surface area contributed by atoms with Gasteiger partial charge in [0.25, 0.3) is 0 Å². The van der Waals surface area contributed by atoms with Crippen molar-refractivity contribution < 1.29 is 23.4 Å². The Bertz CT molecular complexity index is 684. The maximum atomic E-state index is 13.1. The molecule has 128 valence electrons. The molecule has 1 atom stereocenters. The van der Waals surface area contributed by atoms with E-state index in [4.69, 9.17) is 9.84 Å². The molecule has 0 bridgehead atoms. The normalized spacial score (nSPS) is 12.2. The van der Waals surface area contributed by atoms with Crippen molar-refractivity contribution in [2.45, 2.75) is 13.5 Å². The number of nitrogens with zero attached hydrogens (tertiary/aromatic N) is 1. The van der Waals surface area contributed by atoms with Gasteiger partial charge in [0.2, 0.25) is 0 Å². The molecule has 0 fully saturated rings. The quantitative estimate of drug-likeness (QED) is 0.833. The molecule has 0 aliphatic rings. The van der Waals surface area contributed by atoms with Crippen LogP contribution >= 0.6 is 0 Å². The SMILES string of the molecule is CC(CN(C)Cc1ccc(Oc2cc(F)cc(F)c2)cc1)C(=O)O. The van der Waals surface area contributed by atoms with E-state index in [0.29, 0.717) is 18.8 Å². The first-order valence-corrected chi connectivity index (χ1v) is 7.47. The van der Waals surface area contributed by atoms with Gasteiger partial charge in [0.05, 0.1) is 5.92 Å². The maximum Gasteiger partial charge on any atom is 0.307 e. The average molecular weight is 335 g/mol. The lowest BCUT2D eigenvalue weighted by Gasteiger charge is -2.19. The molecule has 0 aliphatic carbocycles. The highest BCUT2D eigenvalue weighted by Gasteiger charge is 2.13. The molecule has 0 spiro atoms. The minimum atomic E-state index is -0.826. The van der Waals surface area contributed by atoms with Crippen LogP contribution in [0.3, 0.4) is 0 Å². The molecule has 1 unspecified atom stereocenters. The molecule has 0 heterocycles. The van der Waals surface area contributed by atoms with Gasteiger partial charge in [0.1, 0.15) is 23.1 Å². The van der Waals surface area contributed by atoms with Gasteiger partial charge in [-0.1, -0.05) is 19.1 Å². The Kier molecular flexibility index (Phi) is 5.87. The number of hydrogen-bond acceptors (Lipinski definition) is 3. The van der Waals surface area contributed by atoms with Crippen molar-refractivity contribution >= 4 is 5.97 Å². The molecular weight excluding hydrogens is 316 g/mol. The summed E-state index contributed by atoms with van der Waals surface area (Å²) in [4.78, 5) is 12.8. The van der Waals surface area contributed by atoms with Gasteiger partial charge in [-0.05, 0) is 24.7 Å². The molecule has 4 nitrogen and oxygen atoms in total. The van der Waals surface area contributed by atoms with Crippen LogP contribution < -0.4 is 4.74 Å². The number of rotatable bonds is 7. The Labute approximate surface area is 139 Å². The van der Waals surface area contributed by atoms with Crippen molar-refractivity contribution in [2.75, 3.05) is 13.6 Å². The molecule has 1 N–H and O–H groups in total. The number of carboxylic acid groups (broad SMARTS) is 1. The molecule has 6 heteroatoms. The Morgan fingerprint density at radius 2 is 1.71 bits per heavy atom. The zero-order valence-electron chi connectivity index (χ0n) is 13.5. The number of ether oxygens (including phenoxy) is 1. The highest BCUT2D eigenvalue weighted by Crippen LogP contribution is 2.23. The number of halogens is 2. The third kappa shape index (κ3) is 5.31. The number of carboxylic acids is 1. The second kappa shape index (κ2) is 7.88. The third-order valence-corrected chi connectivity index (χ3v) is 3.45. The number of hydrogen-bond donors (Lipinski definition) is 1. The van der Waals surface area contributed by atoms with E-state index in [0.717, 1.165) is 23.8 Å². The van der Waals surface area contributed by atoms with Crippen LogP contribution in [0.2, 0.25) is 0 Å². The van der Waals surface area contributed by atoms with E-state index in [2.05, 4.69) is 0 Å². The standard InChI is InChI=1S/C18H19F2NO3/c1-12(18(22)23)10-21(2)11-13-3-5-16(6-4-13)24-17-8-14(19)7-15(20)9-17/h3-9,12H,10-11H2,1-2H3,(H,22,23). The predicted octanol–water partition coefficient (Wildman–Crippen LogP) is 3.91. The second-order valence-electron chi connectivity index (χ2n) is 5.79. The Morgan fingerprint density at radius 1 is 1.12 bits per heavy atom. The van der Waals surface area contributed by atoms with E-state index in [1.54, 1.807) is 19.1 Å². The van der Waals surface area contributed by atoms with Gasteiger partial charge in [0.15, 0.2) is 0 Å². The van der Waals surface area contributed by atoms with E-state index in [1.165, 1.54) is 0 Å². The average Bonchev–Trinajstić information content (AvgIpc) is 2.48. The first-order chi connectivity index (χ1) is 11.3. The van der Waals surface area contributed by atoms with Gasteiger partial charge < -0.3 is 14.7 Å². The summed E-state index contributed by atoms with van der Waals surface area (Å²) >= 11 is 0. The van der Waals surface area contributed by atoms with Gasteiger partial charge in [-0.25, -0.2) is 8.78 Å². The molecule has 24 heavy (non-hydrogen) atoms. The van der Waals surface area contributed by atoms with Crippen LogP contribution in [-0.2, 0) is 11.3 Å². The first-order valence-electron chi connectivity index (χ1n) is 7.47. The van der Waals surface area contributed by atoms with Crippen molar-refractivity contribution in [3.8, 4) is 11.5 Å². The zero-order valence-corrected chi connectivity index (χ0v) is 13.5. The summed E-state index contributed by atoms with van der Waals surface area (Å²) in [6.07, 6.45) is 0. The lowest BCUT2D eigenvalue weighted by molar-refractivity contribution is -0.141. The van der Waals surface area contributed by atoms with Crippen molar-refractivity contribution in [1.29, 1.82) is 0 Å². The maximum absolute atomic E-state index is 13.1. The molecule has 0 aliphatic heterocycles. The van der Waals surface area contributed by atoms with Crippen molar-refractivity contribution in [3.05, 3.63) is 59.7 Å². The Hall–Kier alpha value is -2.47. The lowest BCUT2D eigenvalue weighted by Crippen LogP contribution is -2.28.